The summed E-state index contributed by atoms with van der Waals surface area (Å²) in [5, 5.41) is 7.63. The van der Waals surface area contributed by atoms with Gasteiger partial charge < -0.3 is 4.42 Å². The smallest absolute Gasteiger partial charge is 0.250 e. The van der Waals surface area contributed by atoms with Crippen LogP contribution in [0.4, 0.5) is 4.39 Å². The average Bonchev–Trinajstić information content (AvgIpc) is 3.24. The van der Waals surface area contributed by atoms with Gasteiger partial charge in [-0.3, -0.25) is 0 Å². The standard InChI is InChI=1S/C16H16FN3O3S2/c1-2-11-7-8-15(24-11)25(21,22)18-10-9-14-19-20-16(23-14)12-5-3-4-6-13(12)17/h3-8,18H,2,9-10H2,1H3. The normalized spacial score (nSPS) is 11.8. The second-order valence-electron chi connectivity index (χ2n) is 5.20. The molecule has 25 heavy (non-hydrogen) atoms. The highest BCUT2D eigenvalue weighted by atomic mass is 32.2. The minimum atomic E-state index is -3.55. The molecule has 0 atom stereocenters. The molecule has 0 spiro atoms. The summed E-state index contributed by atoms with van der Waals surface area (Å²) in [7, 11) is -3.55. The van der Waals surface area contributed by atoms with E-state index in [1.807, 2.05) is 6.92 Å². The predicted octanol–water partition coefficient (Wildman–Crippen LogP) is 3.02. The monoisotopic (exact) mass is 381 g/mol. The second kappa shape index (κ2) is 7.42. The van der Waals surface area contributed by atoms with Crippen molar-refractivity contribution in [2.45, 2.75) is 24.0 Å². The molecule has 2 heterocycles. The quantitative estimate of drug-likeness (QED) is 0.680. The topological polar surface area (TPSA) is 85.1 Å². The van der Waals surface area contributed by atoms with E-state index in [9.17, 15) is 12.8 Å². The van der Waals surface area contributed by atoms with E-state index in [2.05, 4.69) is 14.9 Å². The van der Waals surface area contributed by atoms with Gasteiger partial charge in [0.25, 0.3) is 5.89 Å². The number of thiophene rings is 1. The largest absolute Gasteiger partial charge is 0.421 e. The Kier molecular flexibility index (Phi) is 5.26. The first-order valence-corrected chi connectivity index (χ1v) is 9.95. The molecule has 0 aliphatic carbocycles. The van der Waals surface area contributed by atoms with Crippen LogP contribution >= 0.6 is 11.3 Å². The molecule has 0 unspecified atom stereocenters. The number of hydrogen-bond acceptors (Lipinski definition) is 6. The maximum atomic E-state index is 13.7. The van der Waals surface area contributed by atoms with Gasteiger partial charge in [0.05, 0.1) is 5.56 Å². The molecule has 0 amide bonds. The van der Waals surface area contributed by atoms with Crippen LogP contribution in [0.3, 0.4) is 0 Å². The number of aromatic nitrogens is 2. The lowest BCUT2D eigenvalue weighted by Gasteiger charge is -2.02. The molecule has 0 saturated heterocycles. The predicted molar refractivity (Wildman–Crippen MR) is 92.3 cm³/mol. The van der Waals surface area contributed by atoms with Crippen LogP contribution in [0.2, 0.25) is 0 Å². The number of nitrogens with one attached hydrogen (secondary N) is 1. The summed E-state index contributed by atoms with van der Waals surface area (Å²) in [5.41, 5.74) is 0.215. The third kappa shape index (κ3) is 4.12. The van der Waals surface area contributed by atoms with E-state index in [4.69, 9.17) is 4.42 Å². The van der Waals surface area contributed by atoms with Gasteiger partial charge >= 0.3 is 0 Å². The van der Waals surface area contributed by atoms with Gasteiger partial charge in [-0.2, -0.15) is 0 Å². The summed E-state index contributed by atoms with van der Waals surface area (Å²) in [6.45, 7) is 2.08. The zero-order valence-electron chi connectivity index (χ0n) is 13.4. The van der Waals surface area contributed by atoms with Crippen molar-refractivity contribution in [3.63, 3.8) is 0 Å². The maximum absolute atomic E-state index is 13.7. The third-order valence-corrected chi connectivity index (χ3v) is 6.63. The minimum Gasteiger partial charge on any atom is -0.421 e. The number of rotatable bonds is 7. The lowest BCUT2D eigenvalue weighted by Crippen LogP contribution is -2.25. The van der Waals surface area contributed by atoms with Crippen molar-refractivity contribution in [3.05, 3.63) is 53.0 Å². The number of hydrogen-bond donors (Lipinski definition) is 1. The Morgan fingerprint density at radius 2 is 2.00 bits per heavy atom. The Morgan fingerprint density at radius 3 is 2.72 bits per heavy atom. The molecule has 0 saturated carbocycles. The Hall–Kier alpha value is -2.10. The second-order valence-corrected chi connectivity index (χ2v) is 8.36. The highest BCUT2D eigenvalue weighted by molar-refractivity contribution is 7.91. The molecule has 0 radical (unpaired) electrons. The van der Waals surface area contributed by atoms with E-state index in [1.54, 1.807) is 24.3 Å². The van der Waals surface area contributed by atoms with Gasteiger partial charge in [-0.1, -0.05) is 19.1 Å². The zero-order chi connectivity index (χ0) is 17.9. The molecule has 2 aromatic heterocycles. The summed E-state index contributed by atoms with van der Waals surface area (Å²) >= 11 is 1.25. The van der Waals surface area contributed by atoms with Gasteiger partial charge in [0.15, 0.2) is 0 Å². The van der Waals surface area contributed by atoms with Crippen molar-refractivity contribution in [1.29, 1.82) is 0 Å². The van der Waals surface area contributed by atoms with Gasteiger partial charge in [0.1, 0.15) is 10.0 Å². The molecule has 1 N–H and O–H groups in total. The van der Waals surface area contributed by atoms with Crippen LogP contribution in [0.25, 0.3) is 11.5 Å². The van der Waals surface area contributed by atoms with Crippen LogP contribution in [0, 0.1) is 5.82 Å². The molecule has 0 aliphatic heterocycles. The summed E-state index contributed by atoms with van der Waals surface area (Å²) in [6, 6.07) is 9.48. The third-order valence-electron chi connectivity index (χ3n) is 3.45. The van der Waals surface area contributed by atoms with Crippen LogP contribution in [0.15, 0.2) is 45.0 Å². The van der Waals surface area contributed by atoms with Gasteiger partial charge in [-0.15, -0.1) is 21.5 Å². The fourth-order valence-electron chi connectivity index (χ4n) is 2.15. The molecule has 1 aromatic carbocycles. The average molecular weight is 381 g/mol. The van der Waals surface area contributed by atoms with E-state index in [1.165, 1.54) is 23.5 Å². The fraction of sp³-hybridized carbons (Fsp3) is 0.250. The number of halogens is 1. The van der Waals surface area contributed by atoms with Crippen LogP contribution < -0.4 is 4.72 Å². The Labute approximate surface area is 148 Å². The zero-order valence-corrected chi connectivity index (χ0v) is 15.0. The molecule has 9 heteroatoms. The van der Waals surface area contributed by atoms with E-state index in [0.29, 0.717) is 0 Å². The van der Waals surface area contributed by atoms with Crippen LogP contribution in [0.5, 0.6) is 0 Å². The summed E-state index contributed by atoms with van der Waals surface area (Å²) in [6.07, 6.45) is 1.01. The molecular formula is C16H16FN3O3S2. The number of aryl methyl sites for hydroxylation is 1. The molecule has 0 bridgehead atoms. The lowest BCUT2D eigenvalue weighted by atomic mass is 10.2. The Morgan fingerprint density at radius 1 is 1.20 bits per heavy atom. The molecule has 0 fully saturated rings. The first-order valence-electron chi connectivity index (χ1n) is 7.65. The summed E-state index contributed by atoms with van der Waals surface area (Å²) in [4.78, 5) is 1.01. The van der Waals surface area contributed by atoms with E-state index >= 15 is 0 Å². The maximum Gasteiger partial charge on any atom is 0.250 e. The van der Waals surface area contributed by atoms with Gasteiger partial charge in [-0.05, 0) is 30.7 Å². The van der Waals surface area contributed by atoms with Gasteiger partial charge in [0.2, 0.25) is 15.9 Å². The van der Waals surface area contributed by atoms with E-state index < -0.39 is 15.8 Å². The Bertz CT molecular complexity index is 966. The van der Waals surface area contributed by atoms with Crippen LogP contribution in [-0.4, -0.2) is 25.2 Å². The minimum absolute atomic E-state index is 0.0711. The van der Waals surface area contributed by atoms with Crippen molar-refractivity contribution in [3.8, 4) is 11.5 Å². The van der Waals surface area contributed by atoms with Crippen LogP contribution in [-0.2, 0) is 22.9 Å². The van der Waals surface area contributed by atoms with Gasteiger partial charge in [0, 0.05) is 17.8 Å². The van der Waals surface area contributed by atoms with Crippen molar-refractivity contribution in [2.75, 3.05) is 6.54 Å². The van der Waals surface area contributed by atoms with Crippen LogP contribution in [0.1, 0.15) is 17.7 Å². The molecule has 3 rings (SSSR count). The SMILES string of the molecule is CCc1ccc(S(=O)(=O)NCCc2nnc(-c3ccccc3F)o2)s1. The van der Waals surface area contributed by atoms with E-state index in [0.717, 1.165) is 11.3 Å². The number of nitrogens with zero attached hydrogens (tertiary/aromatic N) is 2. The highest BCUT2D eigenvalue weighted by Gasteiger charge is 2.17. The first kappa shape index (κ1) is 17.7. The van der Waals surface area contributed by atoms with E-state index in [-0.39, 0.29) is 34.5 Å². The van der Waals surface area contributed by atoms with Crippen molar-refractivity contribution in [2.24, 2.45) is 0 Å². The molecular weight excluding hydrogens is 365 g/mol. The van der Waals surface area contributed by atoms with Crippen molar-refractivity contribution < 1.29 is 17.2 Å². The molecule has 0 aliphatic rings. The molecule has 3 aromatic rings. The van der Waals surface area contributed by atoms with Crippen molar-refractivity contribution in [1.82, 2.24) is 14.9 Å². The highest BCUT2D eigenvalue weighted by Crippen LogP contribution is 2.22. The summed E-state index contributed by atoms with van der Waals surface area (Å²) in [5.74, 6) is -0.147. The lowest BCUT2D eigenvalue weighted by molar-refractivity contribution is 0.498. The number of benzene rings is 1. The fourth-order valence-corrected chi connectivity index (χ4v) is 4.53. The first-order chi connectivity index (χ1) is 12.0. The molecule has 6 nitrogen and oxygen atoms in total. The number of sulfonamides is 1. The summed E-state index contributed by atoms with van der Waals surface area (Å²) < 4.78 is 46.3. The van der Waals surface area contributed by atoms with Crippen molar-refractivity contribution >= 4 is 21.4 Å². The Balaban J connectivity index is 1.62. The van der Waals surface area contributed by atoms with Gasteiger partial charge in [-0.25, -0.2) is 17.5 Å². The molecule has 132 valence electrons.